The van der Waals surface area contributed by atoms with Crippen LogP contribution < -0.4 is 10.6 Å². The minimum Gasteiger partial charge on any atom is -0.481 e. The number of nitrogens with one attached hydrogen (secondary N) is 3. The number of carbonyl (C=O) groups excluding carboxylic acids is 1. The molecule has 0 unspecified atom stereocenters. The van der Waals surface area contributed by atoms with Crippen molar-refractivity contribution in [2.24, 2.45) is 0 Å². The predicted octanol–water partition coefficient (Wildman–Crippen LogP) is 0.462. The van der Waals surface area contributed by atoms with Crippen LogP contribution in [0.4, 0.5) is 4.79 Å². The first-order chi connectivity index (χ1) is 7.89. The zero-order chi connectivity index (χ0) is 12.9. The zero-order valence-corrected chi connectivity index (χ0v) is 9.78. The van der Waals surface area contributed by atoms with Crippen molar-refractivity contribution < 1.29 is 14.7 Å². The van der Waals surface area contributed by atoms with Crippen LogP contribution in [-0.2, 0) is 11.3 Å². The Morgan fingerprint density at radius 1 is 1.53 bits per heavy atom. The number of carbonyl (C=O) groups is 2. The number of H-pyrrole nitrogens is 1. The van der Waals surface area contributed by atoms with E-state index in [9.17, 15) is 9.59 Å². The molecule has 1 aromatic heterocycles. The highest BCUT2D eigenvalue weighted by Crippen LogP contribution is 2.07. The molecule has 94 valence electrons. The molecule has 4 N–H and O–H groups in total. The highest BCUT2D eigenvalue weighted by atomic mass is 16.4. The standard InChI is InChI=1S/C10H16N4O3/c1-10(2,3-8(15)16)14-9(17)11-4-7-5-12-13-6-7/h5-6H,3-4H2,1-2H3,(H,12,13)(H,15,16)(H2,11,14,17). The van der Waals surface area contributed by atoms with Crippen molar-refractivity contribution in [2.45, 2.75) is 32.4 Å². The summed E-state index contributed by atoms with van der Waals surface area (Å²) in [5.74, 6) is -0.954. The maximum atomic E-state index is 11.5. The Morgan fingerprint density at radius 2 is 2.24 bits per heavy atom. The Labute approximate surface area is 98.6 Å². The molecule has 0 saturated heterocycles. The van der Waals surface area contributed by atoms with Crippen molar-refractivity contribution in [3.05, 3.63) is 18.0 Å². The minimum absolute atomic E-state index is 0.133. The molecule has 7 nitrogen and oxygen atoms in total. The highest BCUT2D eigenvalue weighted by Gasteiger charge is 2.23. The number of hydrogen-bond acceptors (Lipinski definition) is 3. The van der Waals surface area contributed by atoms with Gasteiger partial charge in [0.2, 0.25) is 0 Å². The first-order valence-electron chi connectivity index (χ1n) is 5.14. The normalized spacial score (nSPS) is 10.9. The highest BCUT2D eigenvalue weighted by molar-refractivity contribution is 5.76. The number of hydrogen-bond donors (Lipinski definition) is 4. The number of carboxylic acids is 1. The van der Waals surface area contributed by atoms with Gasteiger partial charge < -0.3 is 15.7 Å². The molecule has 0 fully saturated rings. The zero-order valence-electron chi connectivity index (χ0n) is 9.78. The summed E-state index contributed by atoms with van der Waals surface area (Å²) in [6.07, 6.45) is 3.14. The van der Waals surface area contributed by atoms with Crippen LogP contribution in [0, 0.1) is 0 Å². The number of nitrogens with zero attached hydrogens (tertiary/aromatic N) is 1. The van der Waals surface area contributed by atoms with Gasteiger partial charge in [-0.3, -0.25) is 9.89 Å². The molecular formula is C10H16N4O3. The van der Waals surface area contributed by atoms with Gasteiger partial charge in [0.25, 0.3) is 0 Å². The molecule has 0 aromatic carbocycles. The molecule has 0 aliphatic carbocycles. The third-order valence-electron chi connectivity index (χ3n) is 2.05. The van der Waals surface area contributed by atoms with E-state index in [1.54, 1.807) is 26.2 Å². The second-order valence-electron chi connectivity index (χ2n) is 4.37. The Kier molecular flexibility index (Phi) is 4.08. The molecule has 1 aromatic rings. The van der Waals surface area contributed by atoms with Gasteiger partial charge in [-0.1, -0.05) is 0 Å². The van der Waals surface area contributed by atoms with Crippen molar-refractivity contribution in [3.8, 4) is 0 Å². The number of aliphatic carboxylic acids is 1. The molecule has 0 spiro atoms. The quantitative estimate of drug-likeness (QED) is 0.599. The second-order valence-corrected chi connectivity index (χ2v) is 4.37. The maximum Gasteiger partial charge on any atom is 0.315 e. The summed E-state index contributed by atoms with van der Waals surface area (Å²) in [6, 6.07) is -0.405. The number of aromatic nitrogens is 2. The van der Waals surface area contributed by atoms with Crippen molar-refractivity contribution >= 4 is 12.0 Å². The van der Waals surface area contributed by atoms with Crippen LogP contribution in [0.1, 0.15) is 25.8 Å². The Balaban J connectivity index is 2.36. The number of carboxylic acid groups (broad SMARTS) is 1. The lowest BCUT2D eigenvalue weighted by Gasteiger charge is -2.24. The fraction of sp³-hybridized carbons (Fsp3) is 0.500. The monoisotopic (exact) mass is 240 g/mol. The maximum absolute atomic E-state index is 11.5. The fourth-order valence-electron chi connectivity index (χ4n) is 1.33. The number of rotatable bonds is 5. The topological polar surface area (TPSA) is 107 Å². The molecule has 0 bridgehead atoms. The van der Waals surface area contributed by atoms with Crippen LogP contribution >= 0.6 is 0 Å². The van der Waals surface area contributed by atoms with E-state index in [0.29, 0.717) is 6.54 Å². The lowest BCUT2D eigenvalue weighted by Crippen LogP contribution is -2.49. The summed E-state index contributed by atoms with van der Waals surface area (Å²) < 4.78 is 0. The van der Waals surface area contributed by atoms with Crippen molar-refractivity contribution in [1.82, 2.24) is 20.8 Å². The summed E-state index contributed by atoms with van der Waals surface area (Å²) in [4.78, 5) is 22.0. The van der Waals surface area contributed by atoms with Gasteiger partial charge >= 0.3 is 12.0 Å². The van der Waals surface area contributed by atoms with Crippen LogP contribution in [-0.4, -0.2) is 32.8 Å². The molecule has 1 rings (SSSR count). The number of amides is 2. The molecule has 0 aliphatic rings. The minimum atomic E-state index is -0.954. The molecule has 0 aliphatic heterocycles. The van der Waals surface area contributed by atoms with E-state index in [-0.39, 0.29) is 6.42 Å². The second kappa shape index (κ2) is 5.33. The van der Waals surface area contributed by atoms with Gasteiger partial charge in [-0.25, -0.2) is 4.79 Å². The van der Waals surface area contributed by atoms with Crippen LogP contribution in [0.25, 0.3) is 0 Å². The summed E-state index contributed by atoms with van der Waals surface area (Å²) >= 11 is 0. The van der Waals surface area contributed by atoms with E-state index >= 15 is 0 Å². The van der Waals surface area contributed by atoms with E-state index in [2.05, 4.69) is 20.8 Å². The van der Waals surface area contributed by atoms with Crippen molar-refractivity contribution in [2.75, 3.05) is 0 Å². The van der Waals surface area contributed by atoms with E-state index < -0.39 is 17.5 Å². The summed E-state index contributed by atoms with van der Waals surface area (Å²) in [7, 11) is 0. The van der Waals surface area contributed by atoms with E-state index in [4.69, 9.17) is 5.11 Å². The number of urea groups is 1. The van der Waals surface area contributed by atoms with Crippen LogP contribution in [0.5, 0.6) is 0 Å². The first kappa shape index (κ1) is 13.0. The molecule has 0 radical (unpaired) electrons. The van der Waals surface area contributed by atoms with Gasteiger partial charge in [0.1, 0.15) is 0 Å². The third-order valence-corrected chi connectivity index (χ3v) is 2.05. The van der Waals surface area contributed by atoms with Crippen molar-refractivity contribution in [3.63, 3.8) is 0 Å². The van der Waals surface area contributed by atoms with Gasteiger partial charge in [-0.15, -0.1) is 0 Å². The summed E-state index contributed by atoms with van der Waals surface area (Å²) in [5.41, 5.74) is 0.0583. The molecule has 1 heterocycles. The van der Waals surface area contributed by atoms with E-state index in [1.807, 2.05) is 0 Å². The Hall–Kier alpha value is -2.05. The van der Waals surface area contributed by atoms with Gasteiger partial charge in [0.15, 0.2) is 0 Å². The van der Waals surface area contributed by atoms with E-state index in [1.165, 1.54) is 0 Å². The molecule has 7 heteroatoms. The average Bonchev–Trinajstić information content (AvgIpc) is 2.63. The lowest BCUT2D eigenvalue weighted by molar-refractivity contribution is -0.138. The average molecular weight is 240 g/mol. The summed E-state index contributed by atoms with van der Waals surface area (Å²) in [6.45, 7) is 3.64. The van der Waals surface area contributed by atoms with Gasteiger partial charge in [-0.2, -0.15) is 5.10 Å². The first-order valence-corrected chi connectivity index (χ1v) is 5.14. The lowest BCUT2D eigenvalue weighted by atomic mass is 10.0. The molecule has 2 amide bonds. The van der Waals surface area contributed by atoms with E-state index in [0.717, 1.165) is 5.56 Å². The number of aromatic amines is 1. The van der Waals surface area contributed by atoms with Gasteiger partial charge in [-0.05, 0) is 13.8 Å². The molecule has 0 saturated carbocycles. The Bertz CT molecular complexity index is 386. The van der Waals surface area contributed by atoms with Gasteiger partial charge in [0.05, 0.1) is 12.6 Å². The smallest absolute Gasteiger partial charge is 0.315 e. The molecule has 17 heavy (non-hydrogen) atoms. The Morgan fingerprint density at radius 3 is 2.76 bits per heavy atom. The summed E-state index contributed by atoms with van der Waals surface area (Å²) in [5, 5.41) is 20.2. The van der Waals surface area contributed by atoms with Crippen LogP contribution in [0.3, 0.4) is 0 Å². The van der Waals surface area contributed by atoms with Crippen molar-refractivity contribution in [1.29, 1.82) is 0 Å². The fourth-order valence-corrected chi connectivity index (χ4v) is 1.33. The molecule has 0 atom stereocenters. The third kappa shape index (κ3) is 5.01. The predicted molar refractivity (Wildman–Crippen MR) is 60.3 cm³/mol. The van der Waals surface area contributed by atoms with Crippen LogP contribution in [0.2, 0.25) is 0 Å². The van der Waals surface area contributed by atoms with Gasteiger partial charge in [0, 0.05) is 23.8 Å². The van der Waals surface area contributed by atoms with Crippen LogP contribution in [0.15, 0.2) is 12.4 Å². The molecular weight excluding hydrogens is 224 g/mol. The SMILES string of the molecule is CC(C)(CC(=O)O)NC(=O)NCc1cn[nH]c1. The largest absolute Gasteiger partial charge is 0.481 e.